The van der Waals surface area contributed by atoms with Crippen LogP contribution in [-0.4, -0.2) is 25.9 Å². The summed E-state index contributed by atoms with van der Waals surface area (Å²) in [4.78, 5) is 7.40. The van der Waals surface area contributed by atoms with E-state index in [1.165, 1.54) is 16.9 Å². The number of rotatable bonds is 2. The molecular weight excluding hydrogens is 221 g/mol. The number of hydrogen-bond acceptors (Lipinski definition) is 3. The topological polar surface area (TPSA) is 43.6 Å². The van der Waals surface area contributed by atoms with E-state index in [2.05, 4.69) is 15.1 Å². The molecule has 2 aromatic rings. The molecule has 0 aliphatic rings. The molecule has 0 aliphatic carbocycles. The highest BCUT2D eigenvalue weighted by atomic mass is 19.4. The van der Waals surface area contributed by atoms with E-state index >= 15 is 0 Å². The summed E-state index contributed by atoms with van der Waals surface area (Å²) in [7, 11) is 0. The molecule has 0 aromatic carbocycles. The molecule has 0 saturated heterocycles. The molecule has 4 nitrogen and oxygen atoms in total. The smallest absolute Gasteiger partial charge is 0.241 e. The third-order valence-corrected chi connectivity index (χ3v) is 1.83. The van der Waals surface area contributed by atoms with Gasteiger partial charge in [0.15, 0.2) is 5.82 Å². The zero-order valence-corrected chi connectivity index (χ0v) is 8.02. The highest BCUT2D eigenvalue weighted by Crippen LogP contribution is 2.20. The molecule has 0 atom stereocenters. The van der Waals surface area contributed by atoms with Crippen molar-refractivity contribution in [3.63, 3.8) is 0 Å². The van der Waals surface area contributed by atoms with Gasteiger partial charge < -0.3 is 0 Å². The van der Waals surface area contributed by atoms with E-state index in [0.29, 0.717) is 5.82 Å². The summed E-state index contributed by atoms with van der Waals surface area (Å²) in [6.07, 6.45) is -1.12. The van der Waals surface area contributed by atoms with Crippen molar-refractivity contribution in [3.8, 4) is 5.82 Å². The Kier molecular flexibility index (Phi) is 2.59. The van der Waals surface area contributed by atoms with Crippen molar-refractivity contribution >= 4 is 0 Å². The Morgan fingerprint density at radius 2 is 2.06 bits per heavy atom. The van der Waals surface area contributed by atoms with E-state index in [4.69, 9.17) is 0 Å². The van der Waals surface area contributed by atoms with Crippen molar-refractivity contribution in [1.29, 1.82) is 0 Å². The van der Waals surface area contributed by atoms with E-state index in [0.717, 1.165) is 6.33 Å². The lowest BCUT2D eigenvalue weighted by Gasteiger charge is -2.06. The monoisotopic (exact) mass is 228 g/mol. The van der Waals surface area contributed by atoms with Gasteiger partial charge in [0.05, 0.1) is 12.1 Å². The molecule has 2 rings (SSSR count). The molecule has 0 spiro atoms. The number of halogens is 3. The Hall–Kier alpha value is -1.92. The predicted octanol–water partition coefficient (Wildman–Crippen LogP) is 1.77. The van der Waals surface area contributed by atoms with Crippen LogP contribution in [0.25, 0.3) is 5.82 Å². The van der Waals surface area contributed by atoms with Gasteiger partial charge in [-0.3, -0.25) is 0 Å². The average Bonchev–Trinajstić information content (AvgIpc) is 2.68. The third kappa shape index (κ3) is 2.56. The van der Waals surface area contributed by atoms with Gasteiger partial charge >= 0.3 is 6.18 Å². The van der Waals surface area contributed by atoms with Crippen molar-refractivity contribution in [1.82, 2.24) is 19.7 Å². The second kappa shape index (κ2) is 3.92. The summed E-state index contributed by atoms with van der Waals surface area (Å²) >= 11 is 0. The maximum absolute atomic E-state index is 12.1. The van der Waals surface area contributed by atoms with Crippen molar-refractivity contribution < 1.29 is 13.2 Å². The molecule has 2 aromatic heterocycles. The lowest BCUT2D eigenvalue weighted by Crippen LogP contribution is -2.13. The van der Waals surface area contributed by atoms with Gasteiger partial charge in [-0.05, 0) is 6.07 Å². The molecule has 0 saturated carbocycles. The molecule has 0 fully saturated rings. The quantitative estimate of drug-likeness (QED) is 0.786. The van der Waals surface area contributed by atoms with Gasteiger partial charge in [0.1, 0.15) is 6.33 Å². The predicted molar refractivity (Wildman–Crippen MR) is 48.9 cm³/mol. The summed E-state index contributed by atoms with van der Waals surface area (Å²) in [6.45, 7) is 0. The first-order valence-electron chi connectivity index (χ1n) is 4.42. The van der Waals surface area contributed by atoms with Gasteiger partial charge in [0.25, 0.3) is 0 Å². The summed E-state index contributed by atoms with van der Waals surface area (Å²) in [5.74, 6) is 0.319. The normalized spacial score (nSPS) is 11.7. The highest BCUT2D eigenvalue weighted by molar-refractivity contribution is 5.22. The van der Waals surface area contributed by atoms with Gasteiger partial charge in [0.2, 0.25) is 0 Å². The largest absolute Gasteiger partial charge is 0.394 e. The maximum Gasteiger partial charge on any atom is 0.394 e. The summed E-state index contributed by atoms with van der Waals surface area (Å²) in [5.41, 5.74) is -0.0759. The van der Waals surface area contributed by atoms with Crippen molar-refractivity contribution in [2.45, 2.75) is 12.6 Å². The van der Waals surface area contributed by atoms with E-state index in [1.807, 2.05) is 0 Å². The third-order valence-electron chi connectivity index (χ3n) is 1.83. The maximum atomic E-state index is 12.1. The van der Waals surface area contributed by atoms with Gasteiger partial charge in [0, 0.05) is 18.5 Å². The minimum Gasteiger partial charge on any atom is -0.241 e. The zero-order chi connectivity index (χ0) is 11.6. The van der Waals surface area contributed by atoms with E-state index in [-0.39, 0.29) is 5.69 Å². The lowest BCUT2D eigenvalue weighted by molar-refractivity contribution is -0.127. The Balaban J connectivity index is 2.27. The molecule has 7 heteroatoms. The second-order valence-electron chi connectivity index (χ2n) is 3.11. The van der Waals surface area contributed by atoms with Crippen LogP contribution in [0.2, 0.25) is 0 Å². The standard InChI is InChI=1S/C9H7F3N4/c10-9(11,12)5-7-4-8(14-6-13-7)16-3-1-2-15-16/h1-4,6H,5H2. The first-order chi connectivity index (χ1) is 7.54. The molecule has 84 valence electrons. The molecule has 0 amide bonds. The van der Waals surface area contributed by atoms with Crippen LogP contribution < -0.4 is 0 Å². The summed E-state index contributed by atoms with van der Waals surface area (Å²) in [6, 6.07) is 2.92. The van der Waals surface area contributed by atoms with Crippen LogP contribution in [0, 0.1) is 0 Å². The zero-order valence-electron chi connectivity index (χ0n) is 8.02. The highest BCUT2D eigenvalue weighted by Gasteiger charge is 2.28. The minimum absolute atomic E-state index is 0.0759. The van der Waals surface area contributed by atoms with Gasteiger partial charge in [-0.2, -0.15) is 18.3 Å². The van der Waals surface area contributed by atoms with E-state index < -0.39 is 12.6 Å². The van der Waals surface area contributed by atoms with Gasteiger partial charge in [-0.15, -0.1) is 0 Å². The SMILES string of the molecule is FC(F)(F)Cc1cc(-n2cccn2)ncn1. The number of alkyl halides is 3. The molecule has 2 heterocycles. The summed E-state index contributed by atoms with van der Waals surface area (Å²) < 4.78 is 37.8. The van der Waals surface area contributed by atoms with Crippen LogP contribution in [-0.2, 0) is 6.42 Å². The first-order valence-corrected chi connectivity index (χ1v) is 4.42. The number of hydrogen-bond donors (Lipinski definition) is 0. The van der Waals surface area contributed by atoms with Crippen LogP contribution in [0.3, 0.4) is 0 Å². The van der Waals surface area contributed by atoms with Crippen LogP contribution in [0.15, 0.2) is 30.9 Å². The fourth-order valence-electron chi connectivity index (χ4n) is 1.22. The van der Waals surface area contributed by atoms with Gasteiger partial charge in [-0.25, -0.2) is 14.6 Å². The average molecular weight is 228 g/mol. The van der Waals surface area contributed by atoms with Gasteiger partial charge in [-0.1, -0.05) is 0 Å². The lowest BCUT2D eigenvalue weighted by atomic mass is 10.3. The van der Waals surface area contributed by atoms with Crippen molar-refractivity contribution in [3.05, 3.63) is 36.5 Å². The molecular formula is C9H7F3N4. The van der Waals surface area contributed by atoms with E-state index in [1.54, 1.807) is 12.3 Å². The fourth-order valence-corrected chi connectivity index (χ4v) is 1.22. The van der Waals surface area contributed by atoms with Crippen LogP contribution in [0.4, 0.5) is 13.2 Å². The summed E-state index contributed by atoms with van der Waals surface area (Å²) in [5, 5.41) is 3.87. The molecule has 0 aliphatic heterocycles. The minimum atomic E-state index is -4.27. The molecule has 0 unspecified atom stereocenters. The van der Waals surface area contributed by atoms with Crippen LogP contribution in [0.5, 0.6) is 0 Å². The molecule has 0 bridgehead atoms. The van der Waals surface area contributed by atoms with Crippen molar-refractivity contribution in [2.24, 2.45) is 0 Å². The number of aromatic nitrogens is 4. The second-order valence-corrected chi connectivity index (χ2v) is 3.11. The van der Waals surface area contributed by atoms with Crippen molar-refractivity contribution in [2.75, 3.05) is 0 Å². The Bertz CT molecular complexity index is 464. The Morgan fingerprint density at radius 3 is 2.69 bits per heavy atom. The van der Waals surface area contributed by atoms with Crippen LogP contribution in [0.1, 0.15) is 5.69 Å². The van der Waals surface area contributed by atoms with E-state index in [9.17, 15) is 13.2 Å². The fraction of sp³-hybridized carbons (Fsp3) is 0.222. The first kappa shape index (κ1) is 10.6. The molecule has 0 N–H and O–H groups in total. The Labute approximate surface area is 88.8 Å². The molecule has 16 heavy (non-hydrogen) atoms. The van der Waals surface area contributed by atoms with Crippen LogP contribution >= 0.6 is 0 Å². The Morgan fingerprint density at radius 1 is 1.25 bits per heavy atom. The number of nitrogens with zero attached hydrogens (tertiary/aromatic N) is 4. The molecule has 0 radical (unpaired) electrons.